The smallest absolute Gasteiger partial charge is 0.285 e. The average molecular weight is 544 g/mol. The summed E-state index contributed by atoms with van der Waals surface area (Å²) in [6.07, 6.45) is 0.981. The van der Waals surface area contributed by atoms with Crippen LogP contribution in [0.25, 0.3) is 0 Å². The fourth-order valence-corrected chi connectivity index (χ4v) is 5.60. The Morgan fingerprint density at radius 2 is 1.94 bits per heavy atom. The van der Waals surface area contributed by atoms with Crippen molar-refractivity contribution in [1.82, 2.24) is 20.5 Å². The maximum Gasteiger partial charge on any atom is 0.285 e. The van der Waals surface area contributed by atoms with Crippen molar-refractivity contribution in [3.05, 3.63) is 57.5 Å². The van der Waals surface area contributed by atoms with Crippen molar-refractivity contribution in [2.75, 3.05) is 38.5 Å². The van der Waals surface area contributed by atoms with E-state index in [-0.39, 0.29) is 10.9 Å². The summed E-state index contributed by atoms with van der Waals surface area (Å²) in [6, 6.07) is 5.94. The van der Waals surface area contributed by atoms with Crippen molar-refractivity contribution < 1.29 is 8.42 Å². The van der Waals surface area contributed by atoms with E-state index >= 15 is 0 Å². The lowest BCUT2D eigenvalue weighted by Gasteiger charge is -2.16. The van der Waals surface area contributed by atoms with E-state index in [9.17, 15) is 8.42 Å². The lowest BCUT2D eigenvalue weighted by Crippen LogP contribution is -2.39. The summed E-state index contributed by atoms with van der Waals surface area (Å²) in [5.41, 5.74) is 1.96. The zero-order valence-corrected chi connectivity index (χ0v) is 23.2. The van der Waals surface area contributed by atoms with E-state index < -0.39 is 10.0 Å². The molecule has 0 aliphatic rings. The average Bonchev–Trinajstić information content (AvgIpc) is 3.25. The van der Waals surface area contributed by atoms with Crippen LogP contribution >= 0.6 is 34.7 Å². The summed E-state index contributed by atoms with van der Waals surface area (Å²) in [5, 5.41) is 9.87. The number of rotatable bonds is 14. The van der Waals surface area contributed by atoms with Gasteiger partial charge in [0.25, 0.3) is 10.0 Å². The molecule has 0 unspecified atom stereocenters. The quantitative estimate of drug-likeness (QED) is 0.158. The van der Waals surface area contributed by atoms with Crippen LogP contribution in [0.3, 0.4) is 0 Å². The van der Waals surface area contributed by atoms with Crippen LogP contribution < -0.4 is 10.6 Å². The van der Waals surface area contributed by atoms with Gasteiger partial charge in [0.1, 0.15) is 0 Å². The van der Waals surface area contributed by atoms with Crippen LogP contribution in [0.4, 0.5) is 0 Å². The first kappa shape index (κ1) is 28.6. The minimum absolute atomic E-state index is 0.0861. The summed E-state index contributed by atoms with van der Waals surface area (Å²) < 4.78 is 29.3. The van der Waals surface area contributed by atoms with Crippen LogP contribution in [-0.2, 0) is 22.2 Å². The third kappa shape index (κ3) is 10.4. The molecule has 0 aliphatic carbocycles. The molecule has 0 spiro atoms. The highest BCUT2D eigenvalue weighted by Crippen LogP contribution is 2.17. The van der Waals surface area contributed by atoms with Gasteiger partial charge < -0.3 is 15.5 Å². The van der Waals surface area contributed by atoms with Crippen molar-refractivity contribution in [2.45, 2.75) is 37.8 Å². The van der Waals surface area contributed by atoms with Gasteiger partial charge in [-0.25, -0.2) is 4.98 Å². The first-order chi connectivity index (χ1) is 16.2. The number of thioether (sulfide) groups is 1. The second kappa shape index (κ2) is 14.7. The predicted molar refractivity (Wildman–Crippen MR) is 147 cm³/mol. The predicted octanol–water partition coefficient (Wildman–Crippen LogP) is 4.41. The van der Waals surface area contributed by atoms with Gasteiger partial charge in [-0.15, -0.1) is 15.7 Å². The summed E-state index contributed by atoms with van der Waals surface area (Å²) in [5.74, 6) is 1.80. The van der Waals surface area contributed by atoms with Crippen LogP contribution in [0.15, 0.2) is 51.1 Å². The lowest BCUT2D eigenvalue weighted by molar-refractivity contribution is 0.308. The van der Waals surface area contributed by atoms with Gasteiger partial charge in [-0.2, -0.15) is 20.2 Å². The summed E-state index contributed by atoms with van der Waals surface area (Å²) in [4.78, 5) is 7.22. The number of nitrogens with zero attached hydrogens (tertiary/aromatic N) is 3. The molecule has 34 heavy (non-hydrogen) atoms. The van der Waals surface area contributed by atoms with Crippen LogP contribution in [-0.4, -0.2) is 62.7 Å². The van der Waals surface area contributed by atoms with Gasteiger partial charge in [0.05, 0.1) is 15.6 Å². The molecule has 0 atom stereocenters. The van der Waals surface area contributed by atoms with Gasteiger partial charge in [0, 0.05) is 48.0 Å². The number of thiazole rings is 1. The number of nitrogens with one attached hydrogen (secondary N) is 2. The number of hydrogen-bond donors (Lipinski definition) is 2. The van der Waals surface area contributed by atoms with Gasteiger partial charge in [-0.3, -0.25) is 0 Å². The second-order valence-corrected chi connectivity index (χ2v) is 11.8. The molecule has 0 saturated carbocycles. The van der Waals surface area contributed by atoms with Crippen molar-refractivity contribution in [2.24, 2.45) is 4.40 Å². The molecule has 1 aromatic heterocycles. The minimum Gasteiger partial charge on any atom is -0.355 e. The topological polar surface area (TPSA) is 86.7 Å². The molecule has 7 nitrogen and oxygen atoms in total. The molecule has 2 aromatic rings. The van der Waals surface area contributed by atoms with Gasteiger partial charge in [0.15, 0.2) is 0 Å². The normalized spacial score (nSPS) is 12.2. The zero-order valence-electron chi connectivity index (χ0n) is 20.0. The van der Waals surface area contributed by atoms with E-state index in [0.29, 0.717) is 18.1 Å². The molecule has 11 heteroatoms. The maximum absolute atomic E-state index is 12.7. The molecule has 0 amide bonds. The number of halogens is 1. The highest BCUT2D eigenvalue weighted by molar-refractivity contribution is 7.98. The second-order valence-electron chi connectivity index (χ2n) is 7.67. The highest BCUT2D eigenvalue weighted by atomic mass is 35.5. The van der Waals surface area contributed by atoms with Crippen molar-refractivity contribution in [1.29, 1.82) is 0 Å². The molecule has 0 aliphatic heterocycles. The molecule has 0 bridgehead atoms. The molecule has 2 N–H and O–H groups in total. The van der Waals surface area contributed by atoms with E-state index in [0.717, 1.165) is 48.8 Å². The van der Waals surface area contributed by atoms with Gasteiger partial charge in [0.2, 0.25) is 5.96 Å². The molecular weight excluding hydrogens is 510 g/mol. The molecule has 0 radical (unpaired) electrons. The Bertz CT molecular complexity index is 1040. The van der Waals surface area contributed by atoms with E-state index in [1.165, 1.54) is 29.3 Å². The summed E-state index contributed by atoms with van der Waals surface area (Å²) >= 11 is 9.32. The third-order valence-electron chi connectivity index (χ3n) is 4.80. The zero-order chi connectivity index (χ0) is 25.0. The monoisotopic (exact) mass is 543 g/mol. The number of benzene rings is 1. The van der Waals surface area contributed by atoms with Gasteiger partial charge in [-0.1, -0.05) is 37.6 Å². The summed E-state index contributed by atoms with van der Waals surface area (Å²) in [7, 11) is -3.87. The number of likely N-dealkylation sites (N-methyl/N-ethyl adjacent to an activating group) is 1. The molecule has 1 aromatic carbocycles. The number of guanidine groups is 1. The Labute approximate surface area is 217 Å². The van der Waals surface area contributed by atoms with Gasteiger partial charge >= 0.3 is 0 Å². The SMILES string of the molecule is C=C(C)CNC(=NS(=O)(=O)c1ccc(Cl)cc1)NCCSCc1csc(CCN(CC)CC)n1. The highest BCUT2D eigenvalue weighted by Gasteiger charge is 2.14. The largest absolute Gasteiger partial charge is 0.355 e. The Morgan fingerprint density at radius 1 is 1.24 bits per heavy atom. The molecule has 0 fully saturated rings. The van der Waals surface area contributed by atoms with E-state index in [1.807, 2.05) is 6.92 Å². The molecule has 2 rings (SSSR count). The van der Waals surface area contributed by atoms with Gasteiger partial charge in [-0.05, 0) is 44.3 Å². The minimum atomic E-state index is -3.87. The Morgan fingerprint density at radius 3 is 2.59 bits per heavy atom. The Hall–Kier alpha value is -1.59. The molecular formula is C23H34ClN5O2S3. The lowest BCUT2D eigenvalue weighted by atomic mass is 10.3. The summed E-state index contributed by atoms with van der Waals surface area (Å²) in [6.45, 7) is 14.2. The van der Waals surface area contributed by atoms with Crippen LogP contribution in [0.1, 0.15) is 31.5 Å². The van der Waals surface area contributed by atoms with Crippen molar-refractivity contribution in [3.63, 3.8) is 0 Å². The number of sulfonamides is 1. The van der Waals surface area contributed by atoms with Crippen LogP contribution in [0.5, 0.6) is 0 Å². The van der Waals surface area contributed by atoms with E-state index in [1.54, 1.807) is 23.1 Å². The first-order valence-corrected chi connectivity index (χ1v) is 15.0. The molecule has 0 saturated heterocycles. The van der Waals surface area contributed by atoms with Crippen molar-refractivity contribution in [3.8, 4) is 0 Å². The standard InChI is InChI=1S/C23H34ClN5O2S3/c1-5-29(6-2)13-11-22-27-20(17-33-22)16-32-14-12-25-23(26-15-18(3)4)28-34(30,31)21-9-7-19(24)8-10-21/h7-10,17H,3,5-6,11-16H2,1-2,4H3,(H2,25,26,28). The third-order valence-corrected chi connectivity index (χ3v) is 8.30. The van der Waals surface area contributed by atoms with E-state index in [2.05, 4.69) is 45.7 Å². The van der Waals surface area contributed by atoms with Crippen LogP contribution in [0, 0.1) is 0 Å². The number of aromatic nitrogens is 1. The first-order valence-electron chi connectivity index (χ1n) is 11.2. The van der Waals surface area contributed by atoms with Crippen molar-refractivity contribution >= 4 is 50.7 Å². The van der Waals surface area contributed by atoms with E-state index in [4.69, 9.17) is 16.6 Å². The van der Waals surface area contributed by atoms with Crippen LogP contribution in [0.2, 0.25) is 5.02 Å². The molecule has 1 heterocycles. The molecule has 188 valence electrons. The fourth-order valence-electron chi connectivity index (χ4n) is 2.88. The fraction of sp³-hybridized carbons (Fsp3) is 0.478. The number of hydrogen-bond acceptors (Lipinski definition) is 6. The Kier molecular flexibility index (Phi) is 12.4. The maximum atomic E-state index is 12.7. The Balaban J connectivity index is 1.86.